The number of nitrogens with one attached hydrogen (secondary N) is 2. The number of pyridine rings is 2. The Morgan fingerprint density at radius 3 is 2.56 bits per heavy atom. The first-order valence-corrected chi connectivity index (χ1v) is 13.4. The number of nitrogens with zero attached hydrogens (tertiary/aromatic N) is 3. The topological polar surface area (TPSA) is 131 Å². The lowest BCUT2D eigenvalue weighted by molar-refractivity contribution is -0.154. The van der Waals surface area contributed by atoms with Crippen LogP contribution in [0.4, 0.5) is 11.6 Å². The monoisotopic (exact) mass is 517 g/mol. The molecule has 1 amide bonds. The number of anilines is 2. The summed E-state index contributed by atoms with van der Waals surface area (Å²) in [6.45, 7) is 12.6. The SMILES string of the molecule is CC1CCN(c2ncccc2C(=O)NS(=O)(=O)c2cccc(NCCC(=O)OC(C)(C)C)n2)C1(C)C. The molecule has 1 saturated heterocycles. The van der Waals surface area contributed by atoms with Gasteiger partial charge in [-0.2, -0.15) is 8.42 Å². The molecule has 11 heteroatoms. The first-order valence-electron chi connectivity index (χ1n) is 11.9. The Morgan fingerprint density at radius 2 is 1.92 bits per heavy atom. The minimum absolute atomic E-state index is 0.0852. The Morgan fingerprint density at radius 1 is 1.19 bits per heavy atom. The van der Waals surface area contributed by atoms with Gasteiger partial charge < -0.3 is 15.0 Å². The molecule has 1 aliphatic rings. The van der Waals surface area contributed by atoms with Crippen molar-refractivity contribution in [1.82, 2.24) is 14.7 Å². The molecule has 2 aromatic heterocycles. The molecule has 0 aliphatic carbocycles. The maximum atomic E-state index is 13.1. The lowest BCUT2D eigenvalue weighted by Gasteiger charge is -2.36. The molecule has 1 unspecified atom stereocenters. The van der Waals surface area contributed by atoms with Gasteiger partial charge in [0.25, 0.3) is 15.9 Å². The third-order valence-electron chi connectivity index (χ3n) is 6.26. The highest BCUT2D eigenvalue weighted by Crippen LogP contribution is 2.38. The number of hydrogen-bond acceptors (Lipinski definition) is 9. The largest absolute Gasteiger partial charge is 0.460 e. The lowest BCUT2D eigenvalue weighted by Crippen LogP contribution is -2.43. The number of amides is 1. The van der Waals surface area contributed by atoms with Crippen LogP contribution in [-0.4, -0.2) is 54.5 Å². The minimum atomic E-state index is -4.26. The Hall–Kier alpha value is -3.21. The Labute approximate surface area is 212 Å². The fourth-order valence-corrected chi connectivity index (χ4v) is 4.91. The maximum Gasteiger partial charge on any atom is 0.308 e. The van der Waals surface area contributed by atoms with Crippen LogP contribution in [0.5, 0.6) is 0 Å². The number of esters is 1. The molecule has 196 valence electrons. The van der Waals surface area contributed by atoms with E-state index in [0.717, 1.165) is 13.0 Å². The number of carbonyl (C=O) groups is 2. The minimum Gasteiger partial charge on any atom is -0.460 e. The summed E-state index contributed by atoms with van der Waals surface area (Å²) >= 11 is 0. The average molecular weight is 518 g/mol. The van der Waals surface area contributed by atoms with Gasteiger partial charge in [0.05, 0.1) is 12.0 Å². The van der Waals surface area contributed by atoms with Gasteiger partial charge in [-0.25, -0.2) is 14.7 Å². The Balaban J connectivity index is 1.72. The van der Waals surface area contributed by atoms with E-state index in [2.05, 4.69) is 40.8 Å². The maximum absolute atomic E-state index is 13.1. The van der Waals surface area contributed by atoms with Gasteiger partial charge in [-0.3, -0.25) is 9.59 Å². The number of carbonyl (C=O) groups excluding carboxylic acids is 2. The van der Waals surface area contributed by atoms with Crippen molar-refractivity contribution in [2.75, 3.05) is 23.3 Å². The molecule has 0 radical (unpaired) electrons. The van der Waals surface area contributed by atoms with Crippen LogP contribution in [-0.2, 0) is 19.6 Å². The van der Waals surface area contributed by atoms with Crippen LogP contribution in [0.15, 0.2) is 41.6 Å². The molecule has 3 rings (SSSR count). The second kappa shape index (κ2) is 10.4. The summed E-state index contributed by atoms with van der Waals surface area (Å²) in [5.41, 5.74) is -0.642. The molecule has 0 aromatic carbocycles. The van der Waals surface area contributed by atoms with E-state index in [-0.39, 0.29) is 40.9 Å². The van der Waals surface area contributed by atoms with Crippen molar-refractivity contribution in [3.8, 4) is 0 Å². The molecule has 36 heavy (non-hydrogen) atoms. The van der Waals surface area contributed by atoms with Crippen LogP contribution < -0.4 is 14.9 Å². The van der Waals surface area contributed by atoms with Gasteiger partial charge in [0, 0.05) is 24.8 Å². The Bertz CT molecular complexity index is 1220. The fraction of sp³-hybridized carbons (Fsp3) is 0.520. The van der Waals surface area contributed by atoms with Crippen molar-refractivity contribution in [3.05, 3.63) is 42.1 Å². The summed E-state index contributed by atoms with van der Waals surface area (Å²) < 4.78 is 33.4. The zero-order valence-electron chi connectivity index (χ0n) is 21.7. The van der Waals surface area contributed by atoms with Crippen LogP contribution in [0.2, 0.25) is 0 Å². The third kappa shape index (κ3) is 6.51. The van der Waals surface area contributed by atoms with Crippen molar-refractivity contribution in [2.24, 2.45) is 5.92 Å². The summed E-state index contributed by atoms with van der Waals surface area (Å²) in [5, 5.41) is 2.59. The standard InChI is InChI=1S/C25H35N5O5S/c1-17-13-16-30(25(17,5)6)22-18(9-8-14-27-22)23(32)29-36(33,34)20-11-7-10-19(28-20)26-15-12-21(31)35-24(2,3)4/h7-11,14,17H,12-13,15-16H2,1-6H3,(H,26,28)(H,29,32). The van der Waals surface area contributed by atoms with E-state index in [0.29, 0.717) is 11.7 Å². The number of aromatic nitrogens is 2. The summed E-state index contributed by atoms with van der Waals surface area (Å²) in [6, 6.07) is 7.54. The second-order valence-electron chi connectivity index (χ2n) is 10.4. The van der Waals surface area contributed by atoms with Gasteiger partial charge in [-0.05, 0) is 71.2 Å². The molecule has 2 N–H and O–H groups in total. The van der Waals surface area contributed by atoms with Crippen molar-refractivity contribution in [2.45, 2.75) is 70.6 Å². The molecule has 1 atom stereocenters. The molecule has 3 heterocycles. The highest BCUT2D eigenvalue weighted by molar-refractivity contribution is 7.90. The fourth-order valence-electron chi connectivity index (χ4n) is 3.98. The van der Waals surface area contributed by atoms with Crippen molar-refractivity contribution >= 4 is 33.5 Å². The summed E-state index contributed by atoms with van der Waals surface area (Å²) in [7, 11) is -4.26. The molecular formula is C25H35N5O5S. The van der Waals surface area contributed by atoms with Crippen LogP contribution in [0.25, 0.3) is 0 Å². The van der Waals surface area contributed by atoms with E-state index in [1.165, 1.54) is 12.1 Å². The molecule has 1 aliphatic heterocycles. The normalized spacial score (nSPS) is 17.5. The molecule has 1 fully saturated rings. The van der Waals surface area contributed by atoms with Gasteiger partial charge in [-0.15, -0.1) is 0 Å². The summed E-state index contributed by atoms with van der Waals surface area (Å²) in [6.07, 6.45) is 2.62. The number of rotatable bonds is 8. The van der Waals surface area contributed by atoms with E-state index >= 15 is 0 Å². The highest BCUT2D eigenvalue weighted by Gasteiger charge is 2.40. The van der Waals surface area contributed by atoms with Crippen molar-refractivity contribution in [3.63, 3.8) is 0 Å². The molecule has 10 nitrogen and oxygen atoms in total. The first kappa shape index (κ1) is 27.4. The summed E-state index contributed by atoms with van der Waals surface area (Å²) in [4.78, 5) is 35.5. The van der Waals surface area contributed by atoms with Crippen molar-refractivity contribution in [1.29, 1.82) is 0 Å². The van der Waals surface area contributed by atoms with Crippen LogP contribution in [0.1, 0.15) is 64.7 Å². The van der Waals surface area contributed by atoms with E-state index < -0.39 is 21.5 Å². The van der Waals surface area contributed by atoms with Crippen LogP contribution >= 0.6 is 0 Å². The molecule has 0 bridgehead atoms. The molecule has 2 aromatic rings. The lowest BCUT2D eigenvalue weighted by atomic mass is 9.90. The zero-order chi connectivity index (χ0) is 26.7. The smallest absolute Gasteiger partial charge is 0.308 e. The first-order chi connectivity index (χ1) is 16.7. The average Bonchev–Trinajstić information content (AvgIpc) is 3.04. The van der Waals surface area contributed by atoms with Crippen LogP contribution in [0, 0.1) is 5.92 Å². The quantitative estimate of drug-likeness (QED) is 0.506. The predicted molar refractivity (Wildman–Crippen MR) is 137 cm³/mol. The Kier molecular flexibility index (Phi) is 7.92. The number of ether oxygens (including phenoxy) is 1. The van der Waals surface area contributed by atoms with Gasteiger partial charge in [-0.1, -0.05) is 13.0 Å². The number of hydrogen-bond donors (Lipinski definition) is 2. The highest BCUT2D eigenvalue weighted by atomic mass is 32.2. The van der Waals surface area contributed by atoms with Gasteiger partial charge >= 0.3 is 5.97 Å². The van der Waals surface area contributed by atoms with Gasteiger partial charge in [0.15, 0.2) is 5.03 Å². The third-order valence-corrected chi connectivity index (χ3v) is 7.49. The molecule has 0 spiro atoms. The van der Waals surface area contributed by atoms with E-state index in [9.17, 15) is 18.0 Å². The zero-order valence-corrected chi connectivity index (χ0v) is 22.5. The molecular weight excluding hydrogens is 482 g/mol. The van der Waals surface area contributed by atoms with E-state index in [1.807, 2.05) is 4.90 Å². The molecule has 0 saturated carbocycles. The van der Waals surface area contributed by atoms with Gasteiger partial charge in [0.2, 0.25) is 0 Å². The van der Waals surface area contributed by atoms with Crippen LogP contribution in [0.3, 0.4) is 0 Å². The predicted octanol–water partition coefficient (Wildman–Crippen LogP) is 3.36. The summed E-state index contributed by atoms with van der Waals surface area (Å²) in [5.74, 6) is -0.0739. The van der Waals surface area contributed by atoms with Crippen molar-refractivity contribution < 1.29 is 22.7 Å². The van der Waals surface area contributed by atoms with Gasteiger partial charge in [0.1, 0.15) is 17.2 Å². The number of sulfonamides is 1. The van der Waals surface area contributed by atoms with E-state index in [4.69, 9.17) is 4.74 Å². The van der Waals surface area contributed by atoms with E-state index in [1.54, 1.807) is 45.2 Å². The second-order valence-corrected chi connectivity index (χ2v) is 12.1.